The number of nitriles is 1. The minimum atomic E-state index is -0.388. The molecular formula is C20H25NO2. The summed E-state index contributed by atoms with van der Waals surface area (Å²) < 4.78 is 0. The normalized spacial score (nSPS) is 48.8. The standard InChI is InChI=1S/C20H25NO2/c1-19-7-5-14(22)10-13(19)3-4-15-16(19)6-8-20(2)17(15)9-12(11-21)18(20)23/h10,12,15-17H,3-9H2,1-2H3/t12?,15?,16?,17?,19-,20-/m0/s1. The third-order valence-corrected chi connectivity index (χ3v) is 7.88. The topological polar surface area (TPSA) is 57.9 Å². The highest BCUT2D eigenvalue weighted by molar-refractivity contribution is 5.92. The Balaban J connectivity index is 1.70. The summed E-state index contributed by atoms with van der Waals surface area (Å²) in [5.41, 5.74) is 1.23. The molecule has 23 heavy (non-hydrogen) atoms. The lowest BCUT2D eigenvalue weighted by atomic mass is 9.47. The molecule has 0 saturated heterocycles. The number of rotatable bonds is 0. The number of ketones is 2. The minimum Gasteiger partial charge on any atom is -0.298 e. The monoisotopic (exact) mass is 311 g/mol. The smallest absolute Gasteiger partial charge is 0.156 e. The van der Waals surface area contributed by atoms with Crippen LogP contribution in [0.5, 0.6) is 0 Å². The van der Waals surface area contributed by atoms with Crippen molar-refractivity contribution in [1.29, 1.82) is 5.26 Å². The average Bonchev–Trinajstić information content (AvgIpc) is 2.79. The molecule has 0 amide bonds. The van der Waals surface area contributed by atoms with Crippen LogP contribution in [0.2, 0.25) is 0 Å². The van der Waals surface area contributed by atoms with Gasteiger partial charge in [0.25, 0.3) is 0 Å². The zero-order chi connectivity index (χ0) is 16.4. The SMILES string of the molecule is C[C@]12CCC(=O)C=C1CCC1C2CC[C@]2(C)C(=O)C(C#N)CC12. The van der Waals surface area contributed by atoms with Crippen LogP contribution in [0.25, 0.3) is 0 Å². The second-order valence-electron chi connectivity index (χ2n) is 8.71. The fourth-order valence-corrected chi connectivity index (χ4v) is 6.49. The lowest BCUT2D eigenvalue weighted by Crippen LogP contribution is -2.50. The van der Waals surface area contributed by atoms with Crippen LogP contribution in [0.1, 0.15) is 58.8 Å². The first-order chi connectivity index (χ1) is 10.9. The summed E-state index contributed by atoms with van der Waals surface area (Å²) in [6, 6.07) is 2.26. The van der Waals surface area contributed by atoms with E-state index in [0.29, 0.717) is 24.2 Å². The molecule has 0 aromatic carbocycles. The number of fused-ring (bicyclic) bond motifs is 5. The van der Waals surface area contributed by atoms with Crippen LogP contribution in [-0.2, 0) is 9.59 Å². The summed E-state index contributed by atoms with van der Waals surface area (Å²) >= 11 is 0. The van der Waals surface area contributed by atoms with Gasteiger partial charge in [0.2, 0.25) is 0 Å². The van der Waals surface area contributed by atoms with Crippen LogP contribution in [0.4, 0.5) is 0 Å². The number of carbonyl (C=O) groups excluding carboxylic acids is 2. The van der Waals surface area contributed by atoms with Crippen LogP contribution in [0, 0.1) is 45.8 Å². The zero-order valence-electron chi connectivity index (χ0n) is 14.1. The number of Topliss-reactive ketones (excluding diaryl/α,β-unsaturated/α-hetero) is 1. The lowest BCUT2D eigenvalue weighted by Gasteiger charge is -2.56. The van der Waals surface area contributed by atoms with Gasteiger partial charge in [-0.15, -0.1) is 0 Å². The van der Waals surface area contributed by atoms with E-state index in [9.17, 15) is 14.9 Å². The van der Waals surface area contributed by atoms with E-state index in [-0.39, 0.29) is 28.3 Å². The molecule has 4 rings (SSSR count). The van der Waals surface area contributed by atoms with E-state index in [1.807, 2.05) is 6.08 Å². The largest absolute Gasteiger partial charge is 0.298 e. The third kappa shape index (κ3) is 1.87. The van der Waals surface area contributed by atoms with Gasteiger partial charge in [-0.2, -0.15) is 5.26 Å². The summed E-state index contributed by atoms with van der Waals surface area (Å²) in [5.74, 6) is 1.60. The van der Waals surface area contributed by atoms with Crippen LogP contribution in [-0.4, -0.2) is 11.6 Å². The zero-order valence-corrected chi connectivity index (χ0v) is 14.1. The molecule has 0 aromatic heterocycles. The Hall–Kier alpha value is -1.43. The number of allylic oxidation sites excluding steroid dienone is 1. The number of hydrogen-bond acceptors (Lipinski definition) is 3. The van der Waals surface area contributed by atoms with Crippen molar-refractivity contribution >= 4 is 11.6 Å². The summed E-state index contributed by atoms with van der Waals surface area (Å²) in [5, 5.41) is 9.34. The van der Waals surface area contributed by atoms with E-state index in [1.165, 1.54) is 5.57 Å². The molecule has 3 saturated carbocycles. The highest BCUT2D eigenvalue weighted by Gasteiger charge is 2.61. The van der Waals surface area contributed by atoms with E-state index in [4.69, 9.17) is 0 Å². The summed E-state index contributed by atoms with van der Waals surface area (Å²) in [6.07, 6.45) is 8.41. The Labute approximate surface area is 138 Å². The van der Waals surface area contributed by atoms with Gasteiger partial charge in [0, 0.05) is 11.8 Å². The maximum absolute atomic E-state index is 12.7. The van der Waals surface area contributed by atoms with E-state index < -0.39 is 0 Å². The highest BCUT2D eigenvalue weighted by atomic mass is 16.1. The van der Waals surface area contributed by atoms with Crippen LogP contribution < -0.4 is 0 Å². The molecule has 0 spiro atoms. The maximum atomic E-state index is 12.7. The first-order valence-electron chi connectivity index (χ1n) is 9.08. The van der Waals surface area contributed by atoms with Gasteiger partial charge < -0.3 is 0 Å². The predicted octanol–water partition coefficient (Wildman–Crippen LogP) is 3.84. The molecule has 0 bridgehead atoms. The van der Waals surface area contributed by atoms with Crippen molar-refractivity contribution in [3.63, 3.8) is 0 Å². The summed E-state index contributed by atoms with van der Waals surface area (Å²) in [7, 11) is 0. The molecule has 0 aliphatic heterocycles. The van der Waals surface area contributed by atoms with Crippen molar-refractivity contribution in [2.75, 3.05) is 0 Å². The van der Waals surface area contributed by atoms with Gasteiger partial charge >= 0.3 is 0 Å². The highest BCUT2D eigenvalue weighted by Crippen LogP contribution is 2.65. The van der Waals surface area contributed by atoms with E-state index in [2.05, 4.69) is 19.9 Å². The second kappa shape index (κ2) is 4.79. The van der Waals surface area contributed by atoms with E-state index >= 15 is 0 Å². The molecule has 3 nitrogen and oxygen atoms in total. The van der Waals surface area contributed by atoms with Crippen molar-refractivity contribution in [2.24, 2.45) is 34.5 Å². The van der Waals surface area contributed by atoms with Crippen LogP contribution >= 0.6 is 0 Å². The summed E-state index contributed by atoms with van der Waals surface area (Å²) in [6.45, 7) is 4.47. The van der Waals surface area contributed by atoms with Gasteiger partial charge in [-0.1, -0.05) is 19.4 Å². The third-order valence-electron chi connectivity index (χ3n) is 7.88. The first kappa shape index (κ1) is 15.1. The first-order valence-corrected chi connectivity index (χ1v) is 9.08. The van der Waals surface area contributed by atoms with E-state index in [1.54, 1.807) is 0 Å². The number of carbonyl (C=O) groups is 2. The maximum Gasteiger partial charge on any atom is 0.156 e. The van der Waals surface area contributed by atoms with Gasteiger partial charge in [-0.3, -0.25) is 9.59 Å². The quantitative estimate of drug-likeness (QED) is 0.683. The molecule has 4 aliphatic rings. The van der Waals surface area contributed by atoms with Crippen molar-refractivity contribution < 1.29 is 9.59 Å². The van der Waals surface area contributed by atoms with Gasteiger partial charge in [0.05, 0.1) is 6.07 Å². The molecule has 3 heteroatoms. The molecule has 0 radical (unpaired) electrons. The number of hydrogen-bond donors (Lipinski definition) is 0. The molecule has 0 N–H and O–H groups in total. The van der Waals surface area contributed by atoms with Gasteiger partial charge in [-0.05, 0) is 67.8 Å². The molecule has 4 unspecified atom stereocenters. The van der Waals surface area contributed by atoms with Crippen LogP contribution in [0.3, 0.4) is 0 Å². The fourth-order valence-electron chi connectivity index (χ4n) is 6.49. The second-order valence-corrected chi connectivity index (χ2v) is 8.71. The lowest BCUT2D eigenvalue weighted by molar-refractivity contribution is -0.133. The molecule has 0 aromatic rings. The Morgan fingerprint density at radius 2 is 1.87 bits per heavy atom. The predicted molar refractivity (Wildman–Crippen MR) is 86.2 cm³/mol. The van der Waals surface area contributed by atoms with Crippen molar-refractivity contribution in [3.8, 4) is 6.07 Å². The molecule has 4 aliphatic carbocycles. The Kier molecular flexibility index (Phi) is 3.15. The summed E-state index contributed by atoms with van der Waals surface area (Å²) in [4.78, 5) is 24.5. The molecular weight excluding hydrogens is 286 g/mol. The minimum absolute atomic E-state index is 0.145. The van der Waals surface area contributed by atoms with Gasteiger partial charge in [-0.25, -0.2) is 0 Å². The van der Waals surface area contributed by atoms with E-state index in [0.717, 1.165) is 38.5 Å². The molecule has 6 atom stereocenters. The van der Waals surface area contributed by atoms with Crippen molar-refractivity contribution in [3.05, 3.63) is 11.6 Å². The van der Waals surface area contributed by atoms with Crippen molar-refractivity contribution in [2.45, 2.75) is 58.8 Å². The van der Waals surface area contributed by atoms with Gasteiger partial charge in [0.15, 0.2) is 11.6 Å². The molecule has 3 fully saturated rings. The Morgan fingerprint density at radius 1 is 1.09 bits per heavy atom. The average molecular weight is 311 g/mol. The molecule has 0 heterocycles. The van der Waals surface area contributed by atoms with Crippen molar-refractivity contribution in [1.82, 2.24) is 0 Å². The fraction of sp³-hybridized carbons (Fsp3) is 0.750. The molecule has 122 valence electrons. The Bertz CT molecular complexity index is 657. The number of nitrogens with zero attached hydrogens (tertiary/aromatic N) is 1. The van der Waals surface area contributed by atoms with Crippen LogP contribution in [0.15, 0.2) is 11.6 Å². The Morgan fingerprint density at radius 3 is 2.61 bits per heavy atom. The van der Waals surface area contributed by atoms with Gasteiger partial charge in [0.1, 0.15) is 5.92 Å².